The van der Waals surface area contributed by atoms with E-state index in [-0.39, 0.29) is 11.3 Å². The van der Waals surface area contributed by atoms with Crippen LogP contribution < -0.4 is 11.5 Å². The number of nitrogen functional groups attached to an aromatic ring is 1. The van der Waals surface area contributed by atoms with Crippen LogP contribution in [0.5, 0.6) is 0 Å². The van der Waals surface area contributed by atoms with Gasteiger partial charge in [-0.25, -0.2) is 0 Å². The number of carbonyl (C=O) groups is 2. The molecule has 1 aromatic carbocycles. The van der Waals surface area contributed by atoms with E-state index in [0.717, 1.165) is 0 Å². The number of carbonyl (C=O) groups excluding carboxylic acids is 1. The number of hydrogen-bond acceptors (Lipinski definition) is 4. The Kier molecular flexibility index (Phi) is 2.00. The van der Waals surface area contributed by atoms with Crippen LogP contribution in [0.25, 0.3) is 0 Å². The molecule has 1 aromatic rings. The molecule has 15 heavy (non-hydrogen) atoms. The molecule has 0 heterocycles. The lowest BCUT2D eigenvalue weighted by Gasteiger charge is -2.07. The van der Waals surface area contributed by atoms with Crippen molar-refractivity contribution in [3.05, 3.63) is 29.8 Å². The molecule has 0 radical (unpaired) electrons. The minimum absolute atomic E-state index is 0.0407. The monoisotopic (exact) mass is 212 g/mol. The van der Waals surface area contributed by atoms with Crippen LogP contribution >= 0.6 is 0 Å². The van der Waals surface area contributed by atoms with Gasteiger partial charge in [0.1, 0.15) is 8.84 Å². The average molecular weight is 212 g/mol. The third-order valence-corrected chi connectivity index (χ3v) is 1.71. The summed E-state index contributed by atoms with van der Waals surface area (Å²) in [6, 6.07) is 2.68. The predicted molar refractivity (Wildman–Crippen MR) is 55.4 cm³/mol. The lowest BCUT2D eigenvalue weighted by atomic mass is 10.0. The van der Waals surface area contributed by atoms with Crippen LogP contribution in [0.1, 0.15) is 19.5 Å². The third kappa shape index (κ3) is 2.78. The zero-order valence-electron chi connectivity index (χ0n) is 11.7. The van der Waals surface area contributed by atoms with Gasteiger partial charge in [-0.3, -0.25) is 9.59 Å². The Labute approximate surface area is 92.4 Å². The molecule has 1 rings (SSSR count). The Balaban J connectivity index is 3.19. The van der Waals surface area contributed by atoms with E-state index in [1.165, 1.54) is 18.2 Å². The minimum atomic E-state index is -3.03. The van der Waals surface area contributed by atoms with Gasteiger partial charge in [-0.05, 0) is 12.1 Å². The SMILES string of the molecule is [2H]C(C(=O)c1ccccc1N)[C@@]([2H])(C(=O)O)N([2H])[2H]. The lowest BCUT2D eigenvalue weighted by molar-refractivity contribution is -0.138. The average Bonchev–Trinajstić information content (AvgIpc) is 2.36. The minimum Gasteiger partial charge on any atom is -0.480 e. The van der Waals surface area contributed by atoms with Gasteiger partial charge in [-0.2, -0.15) is 0 Å². The first-order valence-electron chi connectivity index (χ1n) is 6.02. The molecule has 2 atom stereocenters. The molecule has 5 N–H and O–H groups in total. The second-order valence-electron chi connectivity index (χ2n) is 2.79. The quantitative estimate of drug-likeness (QED) is 0.479. The zero-order chi connectivity index (χ0) is 14.8. The summed E-state index contributed by atoms with van der Waals surface area (Å²) in [6.07, 6.45) is -2.18. The van der Waals surface area contributed by atoms with Crippen LogP contribution in [0, 0.1) is 0 Å². The summed E-state index contributed by atoms with van der Waals surface area (Å²) in [5.41, 5.74) is 4.98. The van der Waals surface area contributed by atoms with Gasteiger partial charge in [0, 0.05) is 19.0 Å². The van der Waals surface area contributed by atoms with Gasteiger partial charge >= 0.3 is 5.97 Å². The van der Waals surface area contributed by atoms with Crippen molar-refractivity contribution < 1.29 is 20.3 Å². The number of rotatable bonds is 5. The predicted octanol–water partition coefficient (Wildman–Crippen LogP) is 0.254. The number of nitrogens with two attached hydrogens (primary N) is 2. The fraction of sp³-hybridized carbons (Fsp3) is 0.200. The van der Waals surface area contributed by atoms with E-state index in [1.807, 2.05) is 0 Å². The third-order valence-electron chi connectivity index (χ3n) is 1.71. The topological polar surface area (TPSA) is 106 Å². The summed E-state index contributed by atoms with van der Waals surface area (Å²) in [5, 5.41) is 8.87. The van der Waals surface area contributed by atoms with E-state index in [9.17, 15) is 9.59 Å². The Bertz CT molecular complexity index is 511. The number of carboxylic acid groups (broad SMARTS) is 1. The Morgan fingerprint density at radius 2 is 2.27 bits per heavy atom. The first-order valence-corrected chi connectivity index (χ1v) is 4.05. The van der Waals surface area contributed by atoms with Crippen LogP contribution in [0.15, 0.2) is 24.3 Å². The molecule has 5 heteroatoms. The van der Waals surface area contributed by atoms with E-state index in [4.69, 9.17) is 16.4 Å². The smallest absolute Gasteiger partial charge is 0.320 e. The Hall–Kier alpha value is -1.88. The molecule has 0 aromatic heterocycles. The van der Waals surface area contributed by atoms with Gasteiger partial charge < -0.3 is 16.6 Å². The molecule has 0 bridgehead atoms. The van der Waals surface area contributed by atoms with Gasteiger partial charge in [0.2, 0.25) is 0 Å². The summed E-state index contributed by atoms with van der Waals surface area (Å²) in [7, 11) is 0. The van der Waals surface area contributed by atoms with Gasteiger partial charge in [0.25, 0.3) is 0 Å². The number of aliphatic carboxylic acids is 1. The van der Waals surface area contributed by atoms with Crippen LogP contribution in [-0.2, 0) is 4.79 Å². The molecule has 80 valence electrons. The van der Waals surface area contributed by atoms with Crippen molar-refractivity contribution in [1.82, 2.24) is 0 Å². The first-order chi connectivity index (χ1) is 8.72. The lowest BCUT2D eigenvalue weighted by Crippen LogP contribution is -2.32. The molecule has 0 aliphatic carbocycles. The normalized spacial score (nSPS) is 20.3. The first kappa shape index (κ1) is 6.58. The number of Topliss-reactive ketones (excluding diaryl/α,β-unsaturated/α-hetero) is 1. The molecular weight excluding hydrogens is 196 g/mol. The van der Waals surface area contributed by atoms with Crippen molar-refractivity contribution in [3.8, 4) is 0 Å². The maximum Gasteiger partial charge on any atom is 0.320 e. The standard InChI is InChI=1S/C10H12N2O3/c11-7-4-2-1-3-6(7)9(13)5-8(12)10(14)15/h1-4,8H,5,11-12H2,(H,14,15)/t8-/m0/s1/i5D,8D/hD2/t5?,8-. The number of anilines is 1. The highest BCUT2D eigenvalue weighted by Gasteiger charge is 2.18. The van der Waals surface area contributed by atoms with Crippen LogP contribution in [0.4, 0.5) is 5.69 Å². The number of para-hydroxylation sites is 1. The van der Waals surface area contributed by atoms with Crippen molar-refractivity contribution in [1.29, 1.82) is 0 Å². The molecular formula is C10H12N2O3. The van der Waals surface area contributed by atoms with Crippen LogP contribution in [-0.4, -0.2) is 22.9 Å². The Morgan fingerprint density at radius 1 is 1.60 bits per heavy atom. The molecule has 0 aliphatic rings. The highest BCUT2D eigenvalue weighted by atomic mass is 16.4. The van der Waals surface area contributed by atoms with Crippen LogP contribution in [0.3, 0.4) is 0 Å². The molecule has 0 saturated heterocycles. The van der Waals surface area contributed by atoms with E-state index in [2.05, 4.69) is 0 Å². The van der Waals surface area contributed by atoms with E-state index in [0.29, 0.717) is 0 Å². The summed E-state index contributed by atoms with van der Waals surface area (Å²) < 4.78 is 28.9. The van der Waals surface area contributed by atoms with Crippen molar-refractivity contribution in [2.24, 2.45) is 5.72 Å². The fourth-order valence-electron chi connectivity index (χ4n) is 0.985. The second-order valence-corrected chi connectivity index (χ2v) is 2.79. The fourth-order valence-corrected chi connectivity index (χ4v) is 0.985. The largest absolute Gasteiger partial charge is 0.480 e. The highest BCUT2D eigenvalue weighted by Crippen LogP contribution is 2.13. The van der Waals surface area contributed by atoms with Crippen molar-refractivity contribution in [3.63, 3.8) is 0 Å². The summed E-state index contributed by atoms with van der Waals surface area (Å²) in [5.74, 6) is -2.96. The van der Waals surface area contributed by atoms with E-state index < -0.39 is 29.9 Å². The maximum absolute atomic E-state index is 12.0. The summed E-state index contributed by atoms with van der Waals surface area (Å²) >= 11 is 0. The molecule has 0 amide bonds. The summed E-state index contributed by atoms with van der Waals surface area (Å²) in [6.45, 7) is 0. The van der Waals surface area contributed by atoms with Crippen molar-refractivity contribution in [2.75, 3.05) is 5.73 Å². The van der Waals surface area contributed by atoms with Gasteiger partial charge in [0.05, 0.1) is 1.37 Å². The van der Waals surface area contributed by atoms with Crippen LogP contribution in [0.2, 0.25) is 2.82 Å². The second kappa shape index (κ2) is 4.56. The molecule has 0 fully saturated rings. The van der Waals surface area contributed by atoms with Crippen molar-refractivity contribution >= 4 is 17.4 Å². The summed E-state index contributed by atoms with van der Waals surface area (Å²) in [4.78, 5) is 22.9. The molecule has 0 spiro atoms. The molecule has 0 saturated carbocycles. The van der Waals surface area contributed by atoms with Gasteiger partial charge in [-0.1, -0.05) is 12.1 Å². The molecule has 0 aliphatic heterocycles. The highest BCUT2D eigenvalue weighted by molar-refractivity contribution is 6.02. The van der Waals surface area contributed by atoms with Crippen molar-refractivity contribution in [2.45, 2.75) is 12.4 Å². The van der Waals surface area contributed by atoms with E-state index in [1.54, 1.807) is 6.07 Å². The van der Waals surface area contributed by atoms with E-state index >= 15 is 0 Å². The Morgan fingerprint density at radius 3 is 2.80 bits per heavy atom. The molecule has 1 unspecified atom stereocenters. The maximum atomic E-state index is 12.0. The molecule has 5 nitrogen and oxygen atoms in total. The number of ketones is 1. The number of carboxylic acids is 1. The zero-order valence-corrected chi connectivity index (χ0v) is 7.68. The van der Waals surface area contributed by atoms with Gasteiger partial charge in [0.15, 0.2) is 5.78 Å². The number of benzene rings is 1. The van der Waals surface area contributed by atoms with Gasteiger partial charge in [-0.15, -0.1) is 0 Å². The number of hydrogen-bond donors (Lipinski definition) is 3.